The molecule has 0 aromatic heterocycles. The van der Waals surface area contributed by atoms with Crippen LogP contribution in [0.25, 0.3) is 0 Å². The van der Waals surface area contributed by atoms with Gasteiger partial charge in [-0.25, -0.2) is 0 Å². The van der Waals surface area contributed by atoms with E-state index >= 15 is 0 Å². The van der Waals surface area contributed by atoms with Gasteiger partial charge in [0.15, 0.2) is 0 Å². The molecule has 1 rings (SSSR count). The monoisotopic (exact) mass is 328 g/mol. The Hall–Kier alpha value is -2.18. The molecule has 0 aliphatic rings. The minimum absolute atomic E-state index is 0.0305. The van der Waals surface area contributed by atoms with Gasteiger partial charge < -0.3 is 15.4 Å². The van der Waals surface area contributed by atoms with E-state index in [1.165, 1.54) is 24.3 Å². The van der Waals surface area contributed by atoms with Crippen LogP contribution in [-0.4, -0.2) is 25.0 Å². The Morgan fingerprint density at radius 1 is 1.17 bits per heavy atom. The molecule has 2 amide bonds. The second-order valence-electron chi connectivity index (χ2n) is 6.06. The summed E-state index contributed by atoms with van der Waals surface area (Å²) in [5, 5.41) is 5.41. The van der Waals surface area contributed by atoms with E-state index in [0.717, 1.165) is 0 Å². The zero-order valence-corrected chi connectivity index (χ0v) is 13.5. The van der Waals surface area contributed by atoms with Crippen LogP contribution < -0.4 is 15.4 Å². The quantitative estimate of drug-likeness (QED) is 0.756. The van der Waals surface area contributed by atoms with Crippen LogP contribution >= 0.6 is 0 Å². The molecule has 0 saturated heterocycles. The topological polar surface area (TPSA) is 67.4 Å². The normalized spacial score (nSPS) is 11.2. The number of alkyl halides is 2. The van der Waals surface area contributed by atoms with Crippen molar-refractivity contribution in [2.75, 3.05) is 11.9 Å². The fourth-order valence-corrected chi connectivity index (χ4v) is 1.66. The fourth-order valence-electron chi connectivity index (χ4n) is 1.66. The van der Waals surface area contributed by atoms with E-state index in [4.69, 9.17) is 0 Å². The van der Waals surface area contributed by atoms with Crippen molar-refractivity contribution < 1.29 is 23.1 Å². The Labute approximate surface area is 134 Å². The fraction of sp³-hybridized carbons (Fsp3) is 0.500. The van der Waals surface area contributed by atoms with Crippen molar-refractivity contribution in [3.05, 3.63) is 24.3 Å². The first-order valence-electron chi connectivity index (χ1n) is 7.31. The number of hydrogen-bond acceptors (Lipinski definition) is 3. The van der Waals surface area contributed by atoms with Gasteiger partial charge >= 0.3 is 6.61 Å². The molecular weight excluding hydrogens is 306 g/mol. The molecular formula is C16H22F2N2O3. The minimum atomic E-state index is -2.88. The predicted octanol–water partition coefficient (Wildman–Crippen LogP) is 3.17. The van der Waals surface area contributed by atoms with Gasteiger partial charge in [-0.2, -0.15) is 8.78 Å². The van der Waals surface area contributed by atoms with E-state index in [0.29, 0.717) is 18.7 Å². The molecule has 0 radical (unpaired) electrons. The van der Waals surface area contributed by atoms with Crippen molar-refractivity contribution in [1.29, 1.82) is 0 Å². The third-order valence-corrected chi connectivity index (χ3v) is 2.91. The maximum absolute atomic E-state index is 12.0. The number of anilines is 1. The third-order valence-electron chi connectivity index (χ3n) is 2.91. The lowest BCUT2D eigenvalue weighted by molar-refractivity contribution is -0.128. The van der Waals surface area contributed by atoms with Gasteiger partial charge in [-0.05, 0) is 30.7 Å². The SMILES string of the molecule is CC(C)(C)C(=O)NCCCC(=O)Nc1ccc(OC(F)F)cc1. The van der Waals surface area contributed by atoms with Gasteiger partial charge in [-0.1, -0.05) is 20.8 Å². The summed E-state index contributed by atoms with van der Waals surface area (Å²) in [4.78, 5) is 23.4. The third kappa shape index (κ3) is 7.58. The molecule has 1 aromatic rings. The van der Waals surface area contributed by atoms with Crippen molar-refractivity contribution in [3.63, 3.8) is 0 Å². The molecule has 0 saturated carbocycles. The van der Waals surface area contributed by atoms with Crippen molar-refractivity contribution >= 4 is 17.5 Å². The number of hydrogen-bond donors (Lipinski definition) is 2. The van der Waals surface area contributed by atoms with E-state index in [9.17, 15) is 18.4 Å². The summed E-state index contributed by atoms with van der Waals surface area (Å²) in [6, 6.07) is 5.67. The maximum Gasteiger partial charge on any atom is 0.387 e. The number of halogens is 2. The van der Waals surface area contributed by atoms with Gasteiger partial charge in [0.05, 0.1) is 0 Å². The molecule has 7 heteroatoms. The highest BCUT2D eigenvalue weighted by Gasteiger charge is 2.20. The van der Waals surface area contributed by atoms with E-state index in [1.54, 1.807) is 0 Å². The van der Waals surface area contributed by atoms with Gasteiger partial charge in [-0.3, -0.25) is 9.59 Å². The van der Waals surface area contributed by atoms with Gasteiger partial charge in [0, 0.05) is 24.1 Å². The molecule has 5 nitrogen and oxygen atoms in total. The lowest BCUT2D eigenvalue weighted by Gasteiger charge is -2.17. The summed E-state index contributed by atoms with van der Waals surface area (Å²) in [5.74, 6) is -0.243. The first-order valence-corrected chi connectivity index (χ1v) is 7.31. The zero-order chi connectivity index (χ0) is 17.5. The molecule has 0 spiro atoms. The van der Waals surface area contributed by atoms with Crippen molar-refractivity contribution in [1.82, 2.24) is 5.32 Å². The summed E-state index contributed by atoms with van der Waals surface area (Å²) in [6.45, 7) is 2.99. The second-order valence-corrected chi connectivity index (χ2v) is 6.06. The van der Waals surface area contributed by atoms with Gasteiger partial charge in [0.25, 0.3) is 0 Å². The summed E-state index contributed by atoms with van der Waals surface area (Å²) >= 11 is 0. The number of benzene rings is 1. The second kappa shape index (κ2) is 8.45. The smallest absolute Gasteiger partial charge is 0.387 e. The molecule has 0 aliphatic heterocycles. The van der Waals surface area contributed by atoms with Gasteiger partial charge in [0.1, 0.15) is 5.75 Å². The van der Waals surface area contributed by atoms with Crippen LogP contribution in [0.1, 0.15) is 33.6 Å². The predicted molar refractivity (Wildman–Crippen MR) is 83.4 cm³/mol. The van der Waals surface area contributed by atoms with E-state index in [-0.39, 0.29) is 24.0 Å². The number of nitrogens with one attached hydrogen (secondary N) is 2. The van der Waals surface area contributed by atoms with Crippen LogP contribution in [0.3, 0.4) is 0 Å². The van der Waals surface area contributed by atoms with E-state index < -0.39 is 12.0 Å². The maximum atomic E-state index is 12.0. The molecule has 0 heterocycles. The first kappa shape index (κ1) is 18.9. The van der Waals surface area contributed by atoms with E-state index in [1.807, 2.05) is 20.8 Å². The number of rotatable bonds is 7. The largest absolute Gasteiger partial charge is 0.435 e. The lowest BCUT2D eigenvalue weighted by atomic mass is 9.96. The molecule has 0 unspecified atom stereocenters. The molecule has 128 valence electrons. The zero-order valence-electron chi connectivity index (χ0n) is 13.5. The van der Waals surface area contributed by atoms with Gasteiger partial charge in [0.2, 0.25) is 11.8 Å². The summed E-state index contributed by atoms with van der Waals surface area (Å²) in [6.07, 6.45) is 0.764. The van der Waals surface area contributed by atoms with Crippen LogP contribution in [0, 0.1) is 5.41 Å². The van der Waals surface area contributed by atoms with Crippen molar-refractivity contribution in [3.8, 4) is 5.75 Å². The van der Waals surface area contributed by atoms with Crippen LogP contribution in [-0.2, 0) is 9.59 Å². The Balaban J connectivity index is 2.30. The van der Waals surface area contributed by atoms with Crippen LogP contribution in [0.2, 0.25) is 0 Å². The highest BCUT2D eigenvalue weighted by molar-refractivity contribution is 5.90. The van der Waals surface area contributed by atoms with Crippen LogP contribution in [0.4, 0.5) is 14.5 Å². The van der Waals surface area contributed by atoms with Crippen molar-refractivity contribution in [2.24, 2.45) is 5.41 Å². The minimum Gasteiger partial charge on any atom is -0.435 e. The molecule has 2 N–H and O–H groups in total. The summed E-state index contributed by atoms with van der Waals surface area (Å²) in [7, 11) is 0. The van der Waals surface area contributed by atoms with E-state index in [2.05, 4.69) is 15.4 Å². The van der Waals surface area contributed by atoms with Crippen LogP contribution in [0.5, 0.6) is 5.75 Å². The Morgan fingerprint density at radius 3 is 2.30 bits per heavy atom. The molecule has 0 bridgehead atoms. The molecule has 1 aromatic carbocycles. The molecule has 23 heavy (non-hydrogen) atoms. The molecule has 0 aliphatic carbocycles. The van der Waals surface area contributed by atoms with Crippen LogP contribution in [0.15, 0.2) is 24.3 Å². The lowest BCUT2D eigenvalue weighted by Crippen LogP contribution is -2.35. The average molecular weight is 328 g/mol. The summed E-state index contributed by atoms with van der Waals surface area (Å²) < 4.78 is 28.2. The standard InChI is InChI=1S/C16H22F2N2O3/c1-16(2,3)14(22)19-10-4-5-13(21)20-11-6-8-12(9-7-11)23-15(17)18/h6-9,15H,4-5,10H2,1-3H3,(H,19,22)(H,20,21). The number of carbonyl (C=O) groups excluding carboxylic acids is 2. The molecule has 0 fully saturated rings. The number of ether oxygens (including phenoxy) is 1. The Morgan fingerprint density at radius 2 is 1.78 bits per heavy atom. The number of amides is 2. The Bertz CT molecular complexity index is 525. The highest BCUT2D eigenvalue weighted by atomic mass is 19.3. The van der Waals surface area contributed by atoms with Gasteiger partial charge in [-0.15, -0.1) is 0 Å². The average Bonchev–Trinajstić information content (AvgIpc) is 2.44. The summed E-state index contributed by atoms with van der Waals surface area (Å²) in [5.41, 5.74) is 0.0416. The Kier molecular flexibility index (Phi) is 6.93. The molecule has 0 atom stereocenters. The number of carbonyl (C=O) groups is 2. The highest BCUT2D eigenvalue weighted by Crippen LogP contribution is 2.18. The van der Waals surface area contributed by atoms with Crippen molar-refractivity contribution in [2.45, 2.75) is 40.2 Å². The first-order chi connectivity index (χ1) is 10.7.